The number of carbonyl (C=O) groups is 2. The Balaban J connectivity index is 1.37. The van der Waals surface area contributed by atoms with Crippen LogP contribution in [0.15, 0.2) is 66.7 Å². The number of anilines is 1. The SMILES string of the molecule is O=C(CNC(=O)c1ccc(Cl)cc1)Nc1ccc2c(c1)Cc1ccccc1-2. The Kier molecular flexibility index (Phi) is 4.65. The van der Waals surface area contributed by atoms with E-state index in [2.05, 4.69) is 22.8 Å². The molecule has 1 aliphatic rings. The molecule has 2 amide bonds. The van der Waals surface area contributed by atoms with Gasteiger partial charge in [0.15, 0.2) is 0 Å². The van der Waals surface area contributed by atoms with Crippen LogP contribution in [0.3, 0.4) is 0 Å². The number of halogens is 1. The Morgan fingerprint density at radius 3 is 2.44 bits per heavy atom. The molecule has 3 aromatic carbocycles. The van der Waals surface area contributed by atoms with Crippen molar-refractivity contribution in [1.29, 1.82) is 0 Å². The number of hydrogen-bond donors (Lipinski definition) is 2. The third kappa shape index (κ3) is 3.71. The molecular formula is C22H17ClN2O2. The maximum absolute atomic E-state index is 12.2. The third-order valence-electron chi connectivity index (χ3n) is 4.59. The number of rotatable bonds is 4. The van der Waals surface area contributed by atoms with Crippen LogP contribution in [-0.2, 0) is 11.2 Å². The van der Waals surface area contributed by atoms with Gasteiger partial charge >= 0.3 is 0 Å². The summed E-state index contributed by atoms with van der Waals surface area (Å²) in [5.74, 6) is -0.584. The molecule has 134 valence electrons. The Morgan fingerprint density at radius 1 is 0.889 bits per heavy atom. The first-order valence-electron chi connectivity index (χ1n) is 8.65. The van der Waals surface area contributed by atoms with Gasteiger partial charge in [0.1, 0.15) is 0 Å². The van der Waals surface area contributed by atoms with Crippen LogP contribution in [0, 0.1) is 0 Å². The second kappa shape index (κ2) is 7.25. The van der Waals surface area contributed by atoms with Gasteiger partial charge in [-0.2, -0.15) is 0 Å². The maximum Gasteiger partial charge on any atom is 0.251 e. The first-order valence-corrected chi connectivity index (χ1v) is 9.03. The molecule has 0 saturated carbocycles. The number of benzene rings is 3. The Bertz CT molecular complexity index is 1030. The van der Waals surface area contributed by atoms with Crippen LogP contribution < -0.4 is 10.6 Å². The zero-order chi connectivity index (χ0) is 18.8. The van der Waals surface area contributed by atoms with Crippen molar-refractivity contribution in [2.75, 3.05) is 11.9 Å². The van der Waals surface area contributed by atoms with Gasteiger partial charge in [0.2, 0.25) is 5.91 Å². The number of nitrogens with one attached hydrogen (secondary N) is 2. The van der Waals surface area contributed by atoms with Crippen LogP contribution in [0.1, 0.15) is 21.5 Å². The summed E-state index contributed by atoms with van der Waals surface area (Å²) < 4.78 is 0. The minimum atomic E-state index is -0.314. The normalized spacial score (nSPS) is 11.4. The summed E-state index contributed by atoms with van der Waals surface area (Å²) in [6.07, 6.45) is 0.864. The zero-order valence-corrected chi connectivity index (χ0v) is 15.2. The zero-order valence-electron chi connectivity index (χ0n) is 14.5. The molecule has 0 bridgehead atoms. The molecule has 0 fully saturated rings. The topological polar surface area (TPSA) is 58.2 Å². The lowest BCUT2D eigenvalue weighted by atomic mass is 10.1. The van der Waals surface area contributed by atoms with E-state index in [4.69, 9.17) is 11.6 Å². The molecule has 1 aliphatic carbocycles. The quantitative estimate of drug-likeness (QED) is 0.558. The van der Waals surface area contributed by atoms with E-state index in [1.54, 1.807) is 24.3 Å². The van der Waals surface area contributed by atoms with Gasteiger partial charge in [0.05, 0.1) is 6.54 Å². The second-order valence-corrected chi connectivity index (χ2v) is 6.88. The van der Waals surface area contributed by atoms with Crippen LogP contribution in [0.2, 0.25) is 5.02 Å². The summed E-state index contributed by atoms with van der Waals surface area (Å²) in [5, 5.41) is 6.01. The van der Waals surface area contributed by atoms with E-state index in [-0.39, 0.29) is 18.4 Å². The average molecular weight is 377 g/mol. The molecule has 27 heavy (non-hydrogen) atoms. The first-order chi connectivity index (χ1) is 13.1. The van der Waals surface area contributed by atoms with E-state index in [0.29, 0.717) is 10.6 Å². The van der Waals surface area contributed by atoms with Gasteiger partial charge in [-0.05, 0) is 65.1 Å². The van der Waals surface area contributed by atoms with Crippen molar-refractivity contribution in [3.63, 3.8) is 0 Å². The predicted octanol–water partition coefficient (Wildman–Crippen LogP) is 4.28. The molecule has 4 nitrogen and oxygen atoms in total. The molecule has 3 aromatic rings. The fraction of sp³-hybridized carbons (Fsp3) is 0.0909. The fourth-order valence-corrected chi connectivity index (χ4v) is 3.42. The summed E-state index contributed by atoms with van der Waals surface area (Å²) in [6, 6.07) is 20.7. The Morgan fingerprint density at radius 2 is 1.63 bits per heavy atom. The summed E-state index contributed by atoms with van der Waals surface area (Å²) in [6.45, 7) is -0.0984. The molecule has 0 unspecified atom stereocenters. The molecule has 0 aliphatic heterocycles. The fourth-order valence-electron chi connectivity index (χ4n) is 3.29. The van der Waals surface area contributed by atoms with E-state index in [9.17, 15) is 9.59 Å². The summed E-state index contributed by atoms with van der Waals surface area (Å²) in [4.78, 5) is 24.2. The summed E-state index contributed by atoms with van der Waals surface area (Å²) >= 11 is 5.81. The highest BCUT2D eigenvalue weighted by atomic mass is 35.5. The largest absolute Gasteiger partial charge is 0.343 e. The van der Waals surface area contributed by atoms with E-state index >= 15 is 0 Å². The Hall–Kier alpha value is -3.11. The predicted molar refractivity (Wildman–Crippen MR) is 107 cm³/mol. The molecule has 4 rings (SSSR count). The molecule has 2 N–H and O–H groups in total. The average Bonchev–Trinajstić information content (AvgIpc) is 3.04. The van der Waals surface area contributed by atoms with Crippen molar-refractivity contribution in [1.82, 2.24) is 5.32 Å². The van der Waals surface area contributed by atoms with Gasteiger partial charge in [-0.15, -0.1) is 0 Å². The van der Waals surface area contributed by atoms with Crippen LogP contribution in [0.25, 0.3) is 11.1 Å². The van der Waals surface area contributed by atoms with Crippen LogP contribution in [0.4, 0.5) is 5.69 Å². The van der Waals surface area contributed by atoms with Crippen molar-refractivity contribution in [2.45, 2.75) is 6.42 Å². The monoisotopic (exact) mass is 376 g/mol. The molecular weight excluding hydrogens is 360 g/mol. The highest BCUT2D eigenvalue weighted by Crippen LogP contribution is 2.37. The van der Waals surface area contributed by atoms with Gasteiger partial charge < -0.3 is 10.6 Å². The number of hydrogen-bond acceptors (Lipinski definition) is 2. The number of amides is 2. The number of fused-ring (bicyclic) bond motifs is 3. The van der Waals surface area contributed by atoms with Crippen molar-refractivity contribution < 1.29 is 9.59 Å². The second-order valence-electron chi connectivity index (χ2n) is 6.44. The number of carbonyl (C=O) groups excluding carboxylic acids is 2. The van der Waals surface area contributed by atoms with Crippen LogP contribution in [-0.4, -0.2) is 18.4 Å². The smallest absolute Gasteiger partial charge is 0.251 e. The van der Waals surface area contributed by atoms with E-state index < -0.39 is 0 Å². The minimum absolute atomic E-state index is 0.0984. The molecule has 0 radical (unpaired) electrons. The van der Waals surface area contributed by atoms with Crippen molar-refractivity contribution in [2.24, 2.45) is 0 Å². The summed E-state index contributed by atoms with van der Waals surface area (Å²) in [5.41, 5.74) is 6.14. The van der Waals surface area contributed by atoms with Crippen LogP contribution >= 0.6 is 11.6 Å². The molecule has 0 saturated heterocycles. The van der Waals surface area contributed by atoms with Gasteiger partial charge in [-0.25, -0.2) is 0 Å². The molecule has 0 atom stereocenters. The third-order valence-corrected chi connectivity index (χ3v) is 4.85. The first kappa shape index (κ1) is 17.3. The molecule has 0 spiro atoms. The van der Waals surface area contributed by atoms with E-state index in [1.165, 1.54) is 22.3 Å². The minimum Gasteiger partial charge on any atom is -0.343 e. The van der Waals surface area contributed by atoms with Crippen molar-refractivity contribution >= 4 is 29.1 Å². The van der Waals surface area contributed by atoms with Gasteiger partial charge in [0, 0.05) is 16.3 Å². The van der Waals surface area contributed by atoms with E-state index in [1.807, 2.05) is 30.3 Å². The molecule has 0 aromatic heterocycles. The highest BCUT2D eigenvalue weighted by molar-refractivity contribution is 6.30. The summed E-state index contributed by atoms with van der Waals surface area (Å²) in [7, 11) is 0. The lowest BCUT2D eigenvalue weighted by molar-refractivity contribution is -0.115. The highest BCUT2D eigenvalue weighted by Gasteiger charge is 2.18. The van der Waals surface area contributed by atoms with Crippen molar-refractivity contribution in [3.05, 3.63) is 88.4 Å². The lowest BCUT2D eigenvalue weighted by Crippen LogP contribution is -2.32. The Labute approximate surface area is 162 Å². The van der Waals surface area contributed by atoms with Crippen LogP contribution in [0.5, 0.6) is 0 Å². The standard InChI is InChI=1S/C22H17ClN2O2/c23-17-7-5-14(6-8-17)22(27)24-13-21(26)25-18-9-10-20-16(12-18)11-15-3-1-2-4-19(15)20/h1-10,12H,11,13H2,(H,24,27)(H,25,26). The molecule has 5 heteroatoms. The lowest BCUT2D eigenvalue weighted by Gasteiger charge is -2.09. The van der Waals surface area contributed by atoms with Gasteiger partial charge in [-0.1, -0.05) is 41.9 Å². The van der Waals surface area contributed by atoms with Gasteiger partial charge in [-0.3, -0.25) is 9.59 Å². The maximum atomic E-state index is 12.2. The van der Waals surface area contributed by atoms with Crippen molar-refractivity contribution in [3.8, 4) is 11.1 Å². The van der Waals surface area contributed by atoms with Gasteiger partial charge in [0.25, 0.3) is 5.91 Å². The molecule has 0 heterocycles. The van der Waals surface area contributed by atoms with E-state index in [0.717, 1.165) is 12.1 Å².